The summed E-state index contributed by atoms with van der Waals surface area (Å²) < 4.78 is 7.07. The van der Waals surface area contributed by atoms with Crippen LogP contribution in [0.15, 0.2) is 461 Å². The van der Waals surface area contributed by atoms with E-state index >= 15 is 0 Å². The zero-order valence-electron chi connectivity index (χ0n) is 67.3. The SMILES string of the molecule is [Ir].[c-]1ccccc1-c1ccccn1.c1ccc(-c2ccc(-c3cc(-c4cc(-n5c6ccccc6c6ccccc65)cc(-n5c6ccccc6c6ccccc65)c4)nc(-c4ccccc4)n3)cc2)cc1.c1ccc(-c2nc3ccccc3n2-c2ccc(-c3ccc4c(-c5ccc6ccccc6c5)c5ccccc5c(-c5ccc6ccccc6c5)c4c3)cc2)cc1. The molecule has 0 atom stereocenters. The molecule has 0 aliphatic carbocycles. The van der Waals surface area contributed by atoms with E-state index in [2.05, 4.69) is 407 Å². The predicted molar refractivity (Wildman–Crippen MR) is 514 cm³/mol. The van der Waals surface area contributed by atoms with Gasteiger partial charge in [0.25, 0.3) is 0 Å². The summed E-state index contributed by atoms with van der Waals surface area (Å²) in [5.41, 5.74) is 27.4. The maximum Gasteiger partial charge on any atom is 0.160 e. The van der Waals surface area contributed by atoms with Gasteiger partial charge in [-0.3, -0.25) is 4.57 Å². The largest absolute Gasteiger partial charge is 0.309 e. The van der Waals surface area contributed by atoms with Crippen molar-refractivity contribution >= 4 is 97.7 Å². The first kappa shape index (κ1) is 75.6. The molecule has 7 nitrogen and oxygen atoms in total. The van der Waals surface area contributed by atoms with Crippen LogP contribution in [0, 0.1) is 6.07 Å². The smallest absolute Gasteiger partial charge is 0.160 e. The van der Waals surface area contributed by atoms with Crippen molar-refractivity contribution in [3.8, 4) is 118 Å². The maximum atomic E-state index is 5.33. The van der Waals surface area contributed by atoms with E-state index in [0.717, 1.165) is 101 Å². The van der Waals surface area contributed by atoms with Crippen LogP contribution in [0.2, 0.25) is 0 Å². The molecule has 19 aromatic carbocycles. The normalized spacial score (nSPS) is 11.3. The first-order valence-corrected chi connectivity index (χ1v) is 41.7. The fourth-order valence-corrected chi connectivity index (χ4v) is 17.9. The van der Waals surface area contributed by atoms with Gasteiger partial charge in [-0.05, 0) is 190 Å². The summed E-state index contributed by atoms with van der Waals surface area (Å²) in [7, 11) is 0. The molecule has 5 heterocycles. The second kappa shape index (κ2) is 33.1. The van der Waals surface area contributed by atoms with Gasteiger partial charge in [-0.15, -0.1) is 35.9 Å². The molecule has 585 valence electrons. The minimum Gasteiger partial charge on any atom is -0.309 e. The van der Waals surface area contributed by atoms with E-state index in [-0.39, 0.29) is 20.1 Å². The van der Waals surface area contributed by atoms with Gasteiger partial charge in [0.2, 0.25) is 0 Å². The standard InChI is InChI=1S/C53H34N2.C52H34N4.C11H8N.Ir/c1-2-14-38(15-3-1)53-54-49-20-10-11-21-50(49)55(53)44-29-26-37(27-30-44)41-28-31-47-48(34-41)52(43-25-23-36-13-5-7-17-40(36)33-43)46-19-9-8-18-45(46)51(47)42-24-22-35-12-4-6-16-39(35)32-42;1-3-15-35(16-4-1)36-27-29-37(30-28-36)46-34-47(54-52(53-46)38-17-5-2-6-18-38)39-31-40(55-48-23-11-7-19-42(48)43-20-8-12-24-49(43)55)33-41(32-39)56-50-25-13-9-21-44(50)45-22-10-14-26-51(45)56;1-2-6-10(7-3-1)11-8-4-5-9-12-11;/h1-34H;1-34H;1-6,8-9H;/q;;-1;. The molecule has 24 rings (SSSR count). The molecule has 124 heavy (non-hydrogen) atoms. The zero-order valence-corrected chi connectivity index (χ0v) is 69.7. The molecule has 0 unspecified atom stereocenters. The molecule has 0 aliphatic rings. The molecule has 0 spiro atoms. The zero-order chi connectivity index (χ0) is 81.5. The Labute approximate surface area is 731 Å². The molecule has 0 fully saturated rings. The summed E-state index contributed by atoms with van der Waals surface area (Å²) in [6.07, 6.45) is 1.79. The number of nitrogens with zero attached hydrogens (tertiary/aromatic N) is 7. The summed E-state index contributed by atoms with van der Waals surface area (Å²) in [5.74, 6) is 1.62. The summed E-state index contributed by atoms with van der Waals surface area (Å²) in [5, 5.41) is 14.9. The summed E-state index contributed by atoms with van der Waals surface area (Å²) in [6, 6.07) is 165. The van der Waals surface area contributed by atoms with Crippen LogP contribution in [0.25, 0.3) is 216 Å². The molecule has 0 bridgehead atoms. The van der Waals surface area contributed by atoms with Gasteiger partial charge in [0.1, 0.15) is 5.82 Å². The molecular formula is C116H76IrN7-. The topological polar surface area (TPSA) is 66.3 Å². The second-order valence-electron chi connectivity index (χ2n) is 31.1. The van der Waals surface area contributed by atoms with Crippen LogP contribution in [-0.2, 0) is 20.1 Å². The Morgan fingerprint density at radius 2 is 0.621 bits per heavy atom. The molecule has 8 heteroatoms. The Kier molecular flexibility index (Phi) is 20.2. The fraction of sp³-hybridized carbons (Fsp3) is 0. The molecule has 0 aliphatic heterocycles. The van der Waals surface area contributed by atoms with Gasteiger partial charge in [0, 0.05) is 87.2 Å². The van der Waals surface area contributed by atoms with E-state index in [1.54, 1.807) is 6.20 Å². The first-order valence-electron chi connectivity index (χ1n) is 41.7. The average molecular weight is 1760 g/mol. The molecule has 0 saturated carbocycles. The van der Waals surface area contributed by atoms with Crippen molar-refractivity contribution < 1.29 is 20.1 Å². The van der Waals surface area contributed by atoms with E-state index in [9.17, 15) is 0 Å². The van der Waals surface area contributed by atoms with Crippen molar-refractivity contribution in [2.75, 3.05) is 0 Å². The van der Waals surface area contributed by atoms with Gasteiger partial charge in [0.15, 0.2) is 5.82 Å². The number of fused-ring (bicyclic) bond motifs is 11. The number of benzene rings is 19. The number of hydrogen-bond donors (Lipinski definition) is 0. The molecule has 24 aromatic rings. The van der Waals surface area contributed by atoms with Crippen molar-refractivity contribution in [1.82, 2.24) is 33.6 Å². The number of pyridine rings is 1. The quantitative estimate of drug-likeness (QED) is 0.0903. The Morgan fingerprint density at radius 1 is 0.210 bits per heavy atom. The number of imidazole rings is 1. The van der Waals surface area contributed by atoms with Crippen molar-refractivity contribution in [2.45, 2.75) is 0 Å². The molecule has 0 amide bonds. The van der Waals surface area contributed by atoms with Crippen LogP contribution < -0.4 is 0 Å². The maximum absolute atomic E-state index is 5.33. The van der Waals surface area contributed by atoms with E-state index in [4.69, 9.17) is 15.0 Å². The third-order valence-electron chi connectivity index (χ3n) is 23.7. The third-order valence-corrected chi connectivity index (χ3v) is 23.7. The van der Waals surface area contributed by atoms with Crippen LogP contribution in [0.4, 0.5) is 0 Å². The number of para-hydroxylation sites is 6. The summed E-state index contributed by atoms with van der Waals surface area (Å²) >= 11 is 0. The van der Waals surface area contributed by atoms with Gasteiger partial charge in [-0.2, -0.15) is 0 Å². The monoisotopic (exact) mass is 1760 g/mol. The Balaban J connectivity index is 0.000000133. The van der Waals surface area contributed by atoms with Gasteiger partial charge in [-0.25, -0.2) is 15.0 Å². The Hall–Kier alpha value is -15.8. The van der Waals surface area contributed by atoms with E-state index in [1.165, 1.54) is 109 Å². The van der Waals surface area contributed by atoms with Gasteiger partial charge in [-0.1, -0.05) is 334 Å². The van der Waals surface area contributed by atoms with Gasteiger partial charge in [0.05, 0.1) is 44.5 Å². The van der Waals surface area contributed by atoms with Crippen LogP contribution >= 0.6 is 0 Å². The van der Waals surface area contributed by atoms with E-state index in [0.29, 0.717) is 5.82 Å². The van der Waals surface area contributed by atoms with Crippen LogP contribution in [0.1, 0.15) is 0 Å². The van der Waals surface area contributed by atoms with Crippen molar-refractivity contribution in [3.63, 3.8) is 0 Å². The minimum absolute atomic E-state index is 0. The number of hydrogen-bond acceptors (Lipinski definition) is 4. The minimum atomic E-state index is 0. The molecule has 5 aromatic heterocycles. The van der Waals surface area contributed by atoms with Crippen LogP contribution in [0.3, 0.4) is 0 Å². The van der Waals surface area contributed by atoms with Gasteiger partial charge < -0.3 is 14.1 Å². The fourth-order valence-electron chi connectivity index (χ4n) is 17.9. The average Bonchev–Trinajstić information content (AvgIpc) is 0.821. The second-order valence-corrected chi connectivity index (χ2v) is 31.1. The van der Waals surface area contributed by atoms with E-state index in [1.807, 2.05) is 72.8 Å². The summed E-state index contributed by atoms with van der Waals surface area (Å²) in [6.45, 7) is 0. The number of rotatable bonds is 12. The molecule has 1 radical (unpaired) electrons. The molecule has 0 N–H and O–H groups in total. The summed E-state index contributed by atoms with van der Waals surface area (Å²) in [4.78, 5) is 19.8. The van der Waals surface area contributed by atoms with E-state index < -0.39 is 0 Å². The van der Waals surface area contributed by atoms with Gasteiger partial charge >= 0.3 is 0 Å². The molecular weight excluding hydrogens is 1680 g/mol. The Morgan fingerprint density at radius 3 is 1.16 bits per heavy atom. The van der Waals surface area contributed by atoms with Crippen LogP contribution in [0.5, 0.6) is 0 Å². The predicted octanol–water partition coefficient (Wildman–Crippen LogP) is 30.2. The van der Waals surface area contributed by atoms with Crippen molar-refractivity contribution in [3.05, 3.63) is 467 Å². The first-order chi connectivity index (χ1) is 61.0. The van der Waals surface area contributed by atoms with Crippen LogP contribution in [-0.4, -0.2) is 33.6 Å². The Bertz CT molecular complexity index is 7810. The van der Waals surface area contributed by atoms with Crippen molar-refractivity contribution in [1.29, 1.82) is 0 Å². The molecule has 0 saturated heterocycles. The van der Waals surface area contributed by atoms with Crippen molar-refractivity contribution in [2.24, 2.45) is 0 Å². The number of aromatic nitrogens is 7. The third kappa shape index (κ3) is 14.2.